The molecule has 0 fully saturated rings. The number of aromatic hydroxyl groups is 1. The Bertz CT molecular complexity index is 710. The molecule has 1 N–H and O–H groups in total. The monoisotopic (exact) mass is 328 g/mol. The van der Waals surface area contributed by atoms with E-state index in [1.54, 1.807) is 6.92 Å². The number of phenols is 1. The van der Waals surface area contributed by atoms with Crippen molar-refractivity contribution in [3.05, 3.63) is 36.2 Å². The van der Waals surface area contributed by atoms with Gasteiger partial charge in [0.1, 0.15) is 11.8 Å². The van der Waals surface area contributed by atoms with Gasteiger partial charge < -0.3 is 9.84 Å². The molecule has 8 heteroatoms. The number of ether oxygens (including phenoxy) is 1. The Balaban J connectivity index is 2.40. The Morgan fingerprint density at radius 3 is 2.74 bits per heavy atom. The van der Waals surface area contributed by atoms with Crippen LogP contribution in [0, 0.1) is 0 Å². The predicted octanol–water partition coefficient (Wildman–Crippen LogP) is 3.40. The molecule has 1 unspecified atom stereocenters. The topological polar surface area (TPSA) is 64.3 Å². The van der Waals surface area contributed by atoms with Crippen molar-refractivity contribution in [2.24, 2.45) is 0 Å². The highest BCUT2D eigenvalue weighted by atomic mass is 19.4. The third-order valence-corrected chi connectivity index (χ3v) is 3.25. The van der Waals surface area contributed by atoms with E-state index in [1.165, 1.54) is 24.0 Å². The summed E-state index contributed by atoms with van der Waals surface area (Å²) in [5.41, 5.74) is -0.910. The van der Waals surface area contributed by atoms with E-state index < -0.39 is 29.5 Å². The van der Waals surface area contributed by atoms with Gasteiger partial charge in [0.2, 0.25) is 0 Å². The minimum absolute atomic E-state index is 0.127. The molecule has 23 heavy (non-hydrogen) atoms. The highest BCUT2D eigenvalue weighted by molar-refractivity contribution is 5.74. The van der Waals surface area contributed by atoms with Crippen molar-refractivity contribution in [2.45, 2.75) is 26.1 Å². The van der Waals surface area contributed by atoms with Crippen LogP contribution in [0.25, 0.3) is 11.1 Å². The average molecular weight is 328 g/mol. The fraction of sp³-hybridized carbons (Fsp3) is 0.333. The molecule has 0 saturated carbocycles. The number of carbonyl (C=O) groups is 1. The number of alkyl halides is 3. The minimum atomic E-state index is -4.62. The first kappa shape index (κ1) is 16.9. The third kappa shape index (κ3) is 3.64. The molecular weight excluding hydrogens is 313 g/mol. The van der Waals surface area contributed by atoms with Gasteiger partial charge >= 0.3 is 12.1 Å². The van der Waals surface area contributed by atoms with Crippen LogP contribution < -0.4 is 0 Å². The molecular formula is C15H15F3N2O3. The summed E-state index contributed by atoms with van der Waals surface area (Å²) in [6, 6.07) is 2.22. The van der Waals surface area contributed by atoms with E-state index in [9.17, 15) is 23.1 Å². The van der Waals surface area contributed by atoms with Crippen LogP contribution in [0.1, 0.15) is 25.5 Å². The van der Waals surface area contributed by atoms with Gasteiger partial charge in [0.05, 0.1) is 18.4 Å². The van der Waals surface area contributed by atoms with Crippen LogP contribution >= 0.6 is 0 Å². The van der Waals surface area contributed by atoms with E-state index in [4.69, 9.17) is 4.74 Å². The maximum Gasteiger partial charge on any atom is 0.417 e. The summed E-state index contributed by atoms with van der Waals surface area (Å²) in [6.45, 7) is 3.40. The number of carbonyl (C=O) groups excluding carboxylic acids is 1. The second-order valence-corrected chi connectivity index (χ2v) is 4.86. The van der Waals surface area contributed by atoms with Gasteiger partial charge in [-0.3, -0.25) is 4.68 Å². The van der Waals surface area contributed by atoms with Crippen molar-refractivity contribution < 1.29 is 27.8 Å². The molecule has 124 valence electrons. The lowest BCUT2D eigenvalue weighted by Crippen LogP contribution is -2.19. The lowest BCUT2D eigenvalue weighted by molar-refractivity contribution is -0.146. The number of nitrogens with zero attached hydrogens (tertiary/aromatic N) is 2. The minimum Gasteiger partial charge on any atom is -0.508 e. The molecule has 2 rings (SSSR count). The molecule has 0 saturated heterocycles. The summed E-state index contributed by atoms with van der Waals surface area (Å²) in [5, 5.41) is 13.2. The summed E-state index contributed by atoms with van der Waals surface area (Å²) in [7, 11) is 0. The summed E-state index contributed by atoms with van der Waals surface area (Å²) >= 11 is 0. The Morgan fingerprint density at radius 1 is 1.43 bits per heavy atom. The van der Waals surface area contributed by atoms with E-state index in [1.807, 2.05) is 0 Å². The maximum absolute atomic E-state index is 13.1. The van der Waals surface area contributed by atoms with Crippen molar-refractivity contribution in [3.63, 3.8) is 0 Å². The Labute approximate surface area is 130 Å². The number of hydrogen-bond acceptors (Lipinski definition) is 4. The number of phenolic OH excluding ortho intramolecular Hbond substituents is 1. The summed E-state index contributed by atoms with van der Waals surface area (Å²) in [4.78, 5) is 11.7. The molecule has 1 atom stereocenters. The molecule has 0 spiro atoms. The Morgan fingerprint density at radius 2 is 2.13 bits per heavy atom. The normalized spacial score (nSPS) is 12.9. The SMILES string of the molecule is CCOC(=O)C(C)n1cc(-c2ccc(O)cc2C(F)(F)F)cn1. The standard InChI is InChI=1S/C15H15F3N2O3/c1-3-23-14(22)9(2)20-8-10(7-19-20)12-5-4-11(21)6-13(12)15(16,17)18/h4-9,21H,3H2,1-2H3. The molecule has 0 aliphatic rings. The fourth-order valence-electron chi connectivity index (χ4n) is 2.08. The first-order chi connectivity index (χ1) is 10.7. The van der Waals surface area contributed by atoms with Crippen LogP contribution in [0.4, 0.5) is 13.2 Å². The number of aromatic nitrogens is 2. The highest BCUT2D eigenvalue weighted by Crippen LogP contribution is 2.38. The Kier molecular flexibility index (Phi) is 4.63. The lowest BCUT2D eigenvalue weighted by atomic mass is 10.0. The summed E-state index contributed by atoms with van der Waals surface area (Å²) in [6.07, 6.45) is -2.05. The smallest absolute Gasteiger partial charge is 0.417 e. The largest absolute Gasteiger partial charge is 0.508 e. The second-order valence-electron chi connectivity index (χ2n) is 4.86. The van der Waals surface area contributed by atoms with E-state index in [0.717, 1.165) is 12.1 Å². The quantitative estimate of drug-likeness (QED) is 0.874. The molecule has 0 radical (unpaired) electrons. The van der Waals surface area contributed by atoms with Crippen LogP contribution in [0.15, 0.2) is 30.6 Å². The summed E-state index contributed by atoms with van der Waals surface area (Å²) in [5.74, 6) is -1.00. The van der Waals surface area contributed by atoms with Gasteiger partial charge in [-0.05, 0) is 37.6 Å². The van der Waals surface area contributed by atoms with Crippen LogP contribution in [0.3, 0.4) is 0 Å². The molecule has 2 aromatic rings. The number of esters is 1. The maximum atomic E-state index is 13.1. The zero-order chi connectivity index (χ0) is 17.2. The van der Waals surface area contributed by atoms with Crippen LogP contribution in [-0.2, 0) is 15.7 Å². The van der Waals surface area contributed by atoms with Crippen LogP contribution in [0.2, 0.25) is 0 Å². The molecule has 1 aromatic carbocycles. The first-order valence-corrected chi connectivity index (χ1v) is 6.85. The van der Waals surface area contributed by atoms with Gasteiger partial charge in [-0.15, -0.1) is 0 Å². The van der Waals surface area contributed by atoms with E-state index in [2.05, 4.69) is 5.10 Å². The van der Waals surface area contributed by atoms with Crippen molar-refractivity contribution >= 4 is 5.97 Å². The number of hydrogen-bond donors (Lipinski definition) is 1. The van der Waals surface area contributed by atoms with Crippen molar-refractivity contribution in [1.82, 2.24) is 9.78 Å². The van der Waals surface area contributed by atoms with Crippen LogP contribution in [0.5, 0.6) is 5.75 Å². The molecule has 1 heterocycles. The van der Waals surface area contributed by atoms with Gasteiger partial charge in [-0.25, -0.2) is 4.79 Å². The van der Waals surface area contributed by atoms with E-state index in [-0.39, 0.29) is 17.7 Å². The van der Waals surface area contributed by atoms with Crippen LogP contribution in [-0.4, -0.2) is 27.5 Å². The van der Waals surface area contributed by atoms with Crippen molar-refractivity contribution in [1.29, 1.82) is 0 Å². The van der Waals surface area contributed by atoms with Gasteiger partial charge in [0.25, 0.3) is 0 Å². The van der Waals surface area contributed by atoms with Gasteiger partial charge in [0.15, 0.2) is 0 Å². The molecule has 0 aliphatic carbocycles. The molecule has 0 bridgehead atoms. The molecule has 0 aliphatic heterocycles. The number of benzene rings is 1. The molecule has 5 nitrogen and oxygen atoms in total. The Hall–Kier alpha value is -2.51. The van der Waals surface area contributed by atoms with Crippen molar-refractivity contribution in [3.8, 4) is 16.9 Å². The second kappa shape index (κ2) is 6.31. The average Bonchev–Trinajstić information content (AvgIpc) is 2.95. The zero-order valence-corrected chi connectivity index (χ0v) is 12.5. The predicted molar refractivity (Wildman–Crippen MR) is 75.7 cm³/mol. The first-order valence-electron chi connectivity index (χ1n) is 6.85. The highest BCUT2D eigenvalue weighted by Gasteiger charge is 2.34. The van der Waals surface area contributed by atoms with E-state index >= 15 is 0 Å². The lowest BCUT2D eigenvalue weighted by Gasteiger charge is -2.12. The third-order valence-electron chi connectivity index (χ3n) is 3.25. The van der Waals surface area contributed by atoms with Gasteiger partial charge in [-0.2, -0.15) is 18.3 Å². The van der Waals surface area contributed by atoms with Crippen molar-refractivity contribution in [2.75, 3.05) is 6.61 Å². The van der Waals surface area contributed by atoms with Gasteiger partial charge in [0, 0.05) is 11.8 Å². The molecule has 0 amide bonds. The number of rotatable bonds is 4. The fourth-order valence-corrected chi connectivity index (χ4v) is 2.08. The summed E-state index contributed by atoms with van der Waals surface area (Å²) < 4.78 is 45.4. The molecule has 1 aromatic heterocycles. The van der Waals surface area contributed by atoms with E-state index in [0.29, 0.717) is 6.07 Å². The van der Waals surface area contributed by atoms with Gasteiger partial charge in [-0.1, -0.05) is 0 Å². The zero-order valence-electron chi connectivity index (χ0n) is 12.5. The number of halogens is 3.